The van der Waals surface area contributed by atoms with Gasteiger partial charge in [-0.2, -0.15) is 17.2 Å². The highest BCUT2D eigenvalue weighted by atomic mass is 32.2. The van der Waals surface area contributed by atoms with Crippen LogP contribution in [0.2, 0.25) is 0 Å². The van der Waals surface area contributed by atoms with Crippen LogP contribution in [0.25, 0.3) is 0 Å². The number of benzene rings is 2. The fraction of sp³-hybridized carbons (Fsp3) is 0.360. The molecule has 0 saturated carbocycles. The third-order valence-corrected chi connectivity index (χ3v) is 8.05. The van der Waals surface area contributed by atoms with E-state index in [1.165, 1.54) is 4.90 Å². The monoisotopic (exact) mass is 550 g/mol. The third kappa shape index (κ3) is 4.83. The van der Waals surface area contributed by atoms with Gasteiger partial charge < -0.3 is 9.26 Å². The van der Waals surface area contributed by atoms with Crippen LogP contribution in [0.15, 0.2) is 40.9 Å². The predicted octanol–water partition coefficient (Wildman–Crippen LogP) is 3.34. The average molecular weight is 551 g/mol. The third-order valence-electron chi connectivity index (χ3n) is 6.67. The van der Waals surface area contributed by atoms with E-state index in [1.54, 1.807) is 48.9 Å². The normalized spacial score (nSPS) is 18.3. The molecule has 9 nitrogen and oxygen atoms in total. The van der Waals surface area contributed by atoms with E-state index in [0.29, 0.717) is 27.7 Å². The van der Waals surface area contributed by atoms with Gasteiger partial charge in [-0.05, 0) is 31.9 Å². The lowest BCUT2D eigenvalue weighted by Gasteiger charge is -2.36. The number of fused-ring (bicyclic) bond motifs is 1. The lowest BCUT2D eigenvalue weighted by molar-refractivity contribution is -0.117. The predicted molar refractivity (Wildman–Crippen MR) is 130 cm³/mol. The number of anilines is 1. The summed E-state index contributed by atoms with van der Waals surface area (Å²) >= 11 is 0. The van der Waals surface area contributed by atoms with Crippen LogP contribution in [0.1, 0.15) is 33.7 Å². The Labute approximate surface area is 217 Å². The van der Waals surface area contributed by atoms with Gasteiger partial charge in [0.2, 0.25) is 0 Å². The van der Waals surface area contributed by atoms with Crippen LogP contribution in [0.5, 0.6) is 5.75 Å². The van der Waals surface area contributed by atoms with Crippen molar-refractivity contribution in [1.29, 1.82) is 0 Å². The number of carbonyl (C=O) groups is 1. The summed E-state index contributed by atoms with van der Waals surface area (Å²) in [4.78, 5) is 13.3. The highest BCUT2D eigenvalue weighted by Gasteiger charge is 2.45. The van der Waals surface area contributed by atoms with E-state index in [9.17, 15) is 13.2 Å². The Kier molecular flexibility index (Phi) is 6.59. The summed E-state index contributed by atoms with van der Waals surface area (Å²) in [7, 11) is -4.44. The number of halogens is 3. The first-order valence-electron chi connectivity index (χ1n) is 11.8. The Balaban J connectivity index is 1.53. The Morgan fingerprint density at radius 3 is 2.55 bits per heavy atom. The number of rotatable bonds is 7. The number of hydrogen-bond acceptors (Lipinski definition) is 7. The summed E-state index contributed by atoms with van der Waals surface area (Å²) in [6.45, 7) is 1.96. The maximum absolute atomic E-state index is 16.1. The molecule has 1 aromatic heterocycles. The first-order valence-corrected chi connectivity index (χ1v) is 13.3. The molecular formula is C25H25F3N4O5S. The molecule has 3 aromatic rings. The molecule has 1 saturated heterocycles. The summed E-state index contributed by atoms with van der Waals surface area (Å²) in [5.41, 5.74) is 0.589. The van der Waals surface area contributed by atoms with Gasteiger partial charge in [0.05, 0.1) is 12.2 Å². The first kappa shape index (κ1) is 26.0. The molecule has 3 heterocycles. The molecule has 2 aliphatic rings. The molecule has 1 N–H and O–H groups in total. The molecule has 202 valence electrons. The van der Waals surface area contributed by atoms with Gasteiger partial charge in [0.25, 0.3) is 11.8 Å². The zero-order chi connectivity index (χ0) is 27.2. The van der Waals surface area contributed by atoms with Crippen molar-refractivity contribution in [1.82, 2.24) is 14.8 Å². The van der Waals surface area contributed by atoms with Gasteiger partial charge >= 0.3 is 10.2 Å². The minimum atomic E-state index is -4.44. The second-order valence-electron chi connectivity index (χ2n) is 9.34. The minimum Gasteiger partial charge on any atom is -0.487 e. The summed E-state index contributed by atoms with van der Waals surface area (Å²) in [6.07, 6.45) is 0.359. The molecule has 38 heavy (non-hydrogen) atoms. The highest BCUT2D eigenvalue weighted by Crippen LogP contribution is 2.46. The summed E-state index contributed by atoms with van der Waals surface area (Å²) < 4.78 is 85.3. The number of nitrogens with zero attached hydrogens (tertiary/aromatic N) is 3. The van der Waals surface area contributed by atoms with E-state index >= 15 is 13.2 Å². The van der Waals surface area contributed by atoms with Crippen LogP contribution in [0, 0.1) is 19.7 Å². The van der Waals surface area contributed by atoms with Crippen molar-refractivity contribution in [2.75, 3.05) is 23.9 Å². The molecule has 5 rings (SSSR count). The zero-order valence-electron chi connectivity index (χ0n) is 20.6. The van der Waals surface area contributed by atoms with Crippen molar-refractivity contribution in [3.8, 4) is 5.75 Å². The van der Waals surface area contributed by atoms with Gasteiger partial charge in [-0.1, -0.05) is 35.5 Å². The van der Waals surface area contributed by atoms with Gasteiger partial charge in [-0.25, -0.2) is 13.4 Å². The van der Waals surface area contributed by atoms with Crippen LogP contribution in [0.3, 0.4) is 0 Å². The number of nitrogens with one attached hydrogen (secondary N) is 1. The van der Waals surface area contributed by atoms with Gasteiger partial charge in [0, 0.05) is 29.8 Å². The van der Waals surface area contributed by atoms with Crippen LogP contribution in [-0.2, 0) is 40.5 Å². The minimum absolute atomic E-state index is 0.129. The Morgan fingerprint density at radius 2 is 1.92 bits per heavy atom. The van der Waals surface area contributed by atoms with Crippen molar-refractivity contribution in [2.45, 2.75) is 39.3 Å². The SMILES string of the molecule is Cc1noc(C)c1CCN1Cc2c(cc(OCc3ccccc3)c(N3CC(=O)NS3(=O)=O)c2F)C(F)(F)C1. The Morgan fingerprint density at radius 1 is 1.18 bits per heavy atom. The summed E-state index contributed by atoms with van der Waals surface area (Å²) in [5, 5.41) is 3.87. The van der Waals surface area contributed by atoms with E-state index in [2.05, 4.69) is 5.16 Å². The topological polar surface area (TPSA) is 105 Å². The van der Waals surface area contributed by atoms with Gasteiger partial charge in [0.1, 0.15) is 30.3 Å². The summed E-state index contributed by atoms with van der Waals surface area (Å²) in [6, 6.07) is 9.69. The number of hydrogen-bond donors (Lipinski definition) is 1. The number of ether oxygens (including phenoxy) is 1. The number of alkyl halides is 2. The fourth-order valence-corrected chi connectivity index (χ4v) is 5.95. The lowest BCUT2D eigenvalue weighted by Crippen LogP contribution is -2.42. The molecule has 0 radical (unpaired) electrons. The van der Waals surface area contributed by atoms with Crippen molar-refractivity contribution in [3.05, 3.63) is 75.9 Å². The number of amides is 1. The van der Waals surface area contributed by atoms with Crippen molar-refractivity contribution in [3.63, 3.8) is 0 Å². The smallest absolute Gasteiger partial charge is 0.326 e. The van der Waals surface area contributed by atoms with E-state index in [-0.39, 0.29) is 25.3 Å². The Bertz CT molecular complexity index is 1470. The van der Waals surface area contributed by atoms with Crippen molar-refractivity contribution in [2.24, 2.45) is 0 Å². The van der Waals surface area contributed by atoms with Crippen LogP contribution in [0.4, 0.5) is 18.9 Å². The standard InChI is InChI=1S/C25H25F3N4O5S/c1-15-18(16(2)37-29-15)8-9-31-11-19-20(25(27,28)14-31)10-21(36-13-17-6-4-3-5-7-17)24(23(19)26)32-12-22(33)30-38(32,34)35/h3-7,10H,8-9,11-14H2,1-2H3,(H,30,33). The van der Waals surface area contributed by atoms with Gasteiger partial charge in [-0.3, -0.25) is 9.69 Å². The highest BCUT2D eigenvalue weighted by molar-refractivity contribution is 7.92. The quantitative estimate of drug-likeness (QED) is 0.481. The molecule has 0 bridgehead atoms. The molecule has 0 unspecified atom stereocenters. The lowest BCUT2D eigenvalue weighted by atomic mass is 9.94. The zero-order valence-corrected chi connectivity index (χ0v) is 21.4. The van der Waals surface area contributed by atoms with Gasteiger partial charge in [0.15, 0.2) is 5.82 Å². The maximum atomic E-state index is 16.1. The van der Waals surface area contributed by atoms with E-state index in [4.69, 9.17) is 9.26 Å². The molecule has 0 aliphatic carbocycles. The largest absolute Gasteiger partial charge is 0.487 e. The second-order valence-corrected chi connectivity index (χ2v) is 10.9. The molecule has 1 amide bonds. The fourth-order valence-electron chi connectivity index (χ4n) is 4.79. The van der Waals surface area contributed by atoms with E-state index < -0.39 is 57.9 Å². The number of carbonyl (C=O) groups excluding carboxylic acids is 1. The Hall–Kier alpha value is -3.58. The van der Waals surface area contributed by atoms with Crippen LogP contribution < -0.4 is 13.8 Å². The van der Waals surface area contributed by atoms with Crippen molar-refractivity contribution < 1.29 is 35.6 Å². The first-order chi connectivity index (χ1) is 18.0. The van der Waals surface area contributed by atoms with E-state index in [1.807, 2.05) is 0 Å². The molecule has 0 atom stereocenters. The molecule has 2 aromatic carbocycles. The molecular weight excluding hydrogens is 525 g/mol. The maximum Gasteiger partial charge on any atom is 0.326 e. The molecule has 13 heteroatoms. The van der Waals surface area contributed by atoms with Crippen LogP contribution >= 0.6 is 0 Å². The van der Waals surface area contributed by atoms with E-state index in [0.717, 1.165) is 11.6 Å². The number of aromatic nitrogens is 1. The molecule has 0 spiro atoms. The van der Waals surface area contributed by atoms with Gasteiger partial charge in [-0.15, -0.1) is 0 Å². The van der Waals surface area contributed by atoms with Crippen molar-refractivity contribution >= 4 is 21.8 Å². The summed E-state index contributed by atoms with van der Waals surface area (Å²) in [5.74, 6) is -5.31. The molecule has 2 aliphatic heterocycles. The average Bonchev–Trinajstić information content (AvgIpc) is 3.32. The second kappa shape index (κ2) is 9.62. The molecule has 1 fully saturated rings. The van der Waals surface area contributed by atoms with Crippen LogP contribution in [-0.4, -0.2) is 44.0 Å². The number of aryl methyl sites for hydroxylation is 2.